The highest BCUT2D eigenvalue weighted by molar-refractivity contribution is 5.79. The Morgan fingerprint density at radius 1 is 1.13 bits per heavy atom. The zero-order valence-electron chi connectivity index (χ0n) is 19.4. The maximum absolute atomic E-state index is 5.89. The van der Waals surface area contributed by atoms with E-state index in [1.54, 1.807) is 7.11 Å². The van der Waals surface area contributed by atoms with Gasteiger partial charge in [0.15, 0.2) is 5.96 Å². The molecule has 2 rings (SSSR count). The van der Waals surface area contributed by atoms with Crippen molar-refractivity contribution in [2.75, 3.05) is 73.2 Å². The van der Waals surface area contributed by atoms with E-state index >= 15 is 0 Å². The van der Waals surface area contributed by atoms with Gasteiger partial charge in [-0.3, -0.25) is 0 Å². The quantitative estimate of drug-likeness (QED) is 0.325. The van der Waals surface area contributed by atoms with Gasteiger partial charge in [0.05, 0.1) is 13.2 Å². The molecule has 1 heterocycles. The number of nitrogens with one attached hydrogen (secondary N) is 2. The molecule has 0 aliphatic carbocycles. The minimum absolute atomic E-state index is 0.543. The van der Waals surface area contributed by atoms with Gasteiger partial charge in [-0.25, -0.2) is 4.99 Å². The SMILES string of the molecule is CCNC(=NCc1ccc(C)cc1OCCOC)NCCCN1CCCN(C)CC1. The zero-order chi connectivity index (χ0) is 21.6. The Hall–Kier alpha value is -1.83. The monoisotopic (exact) mass is 419 g/mol. The Morgan fingerprint density at radius 3 is 2.80 bits per heavy atom. The molecule has 30 heavy (non-hydrogen) atoms. The minimum Gasteiger partial charge on any atom is -0.491 e. The molecule has 0 aromatic heterocycles. The maximum atomic E-state index is 5.89. The van der Waals surface area contributed by atoms with E-state index < -0.39 is 0 Å². The van der Waals surface area contributed by atoms with Crippen LogP contribution in [-0.4, -0.2) is 88.9 Å². The number of aliphatic imine (C=N–C) groups is 1. The molecule has 7 nitrogen and oxygen atoms in total. The van der Waals surface area contributed by atoms with Crippen LogP contribution in [0.2, 0.25) is 0 Å². The van der Waals surface area contributed by atoms with Gasteiger partial charge >= 0.3 is 0 Å². The predicted octanol–water partition coefficient (Wildman–Crippen LogP) is 2.10. The fourth-order valence-corrected chi connectivity index (χ4v) is 3.50. The third-order valence-electron chi connectivity index (χ3n) is 5.28. The first-order valence-corrected chi connectivity index (χ1v) is 11.3. The number of rotatable bonds is 11. The van der Waals surface area contributed by atoms with Crippen LogP contribution >= 0.6 is 0 Å². The maximum Gasteiger partial charge on any atom is 0.191 e. The molecule has 0 radical (unpaired) electrons. The summed E-state index contributed by atoms with van der Waals surface area (Å²) >= 11 is 0. The molecular weight excluding hydrogens is 378 g/mol. The molecular formula is C23H41N5O2. The second-order valence-corrected chi connectivity index (χ2v) is 7.93. The molecule has 0 atom stereocenters. The van der Waals surface area contributed by atoms with Crippen molar-refractivity contribution in [3.05, 3.63) is 29.3 Å². The Morgan fingerprint density at radius 2 is 2.00 bits per heavy atom. The van der Waals surface area contributed by atoms with E-state index in [1.807, 2.05) is 0 Å². The summed E-state index contributed by atoms with van der Waals surface area (Å²) in [5.74, 6) is 1.74. The summed E-state index contributed by atoms with van der Waals surface area (Å²) in [5.41, 5.74) is 2.27. The lowest BCUT2D eigenvalue weighted by Gasteiger charge is -2.20. The fraction of sp³-hybridized carbons (Fsp3) is 0.696. The van der Waals surface area contributed by atoms with Crippen LogP contribution in [0.1, 0.15) is 30.9 Å². The van der Waals surface area contributed by atoms with Crippen LogP contribution in [0.4, 0.5) is 0 Å². The first-order valence-electron chi connectivity index (χ1n) is 11.3. The van der Waals surface area contributed by atoms with Gasteiger partial charge in [-0.15, -0.1) is 0 Å². The second-order valence-electron chi connectivity index (χ2n) is 7.93. The van der Waals surface area contributed by atoms with Crippen molar-refractivity contribution < 1.29 is 9.47 Å². The molecule has 7 heteroatoms. The largest absolute Gasteiger partial charge is 0.491 e. The van der Waals surface area contributed by atoms with Gasteiger partial charge in [0.25, 0.3) is 0 Å². The van der Waals surface area contributed by atoms with E-state index in [4.69, 9.17) is 14.5 Å². The van der Waals surface area contributed by atoms with Crippen LogP contribution in [0.15, 0.2) is 23.2 Å². The van der Waals surface area contributed by atoms with Crippen molar-refractivity contribution in [2.45, 2.75) is 33.2 Å². The first kappa shape index (κ1) is 24.4. The molecule has 1 fully saturated rings. The van der Waals surface area contributed by atoms with Crippen LogP contribution in [-0.2, 0) is 11.3 Å². The Balaban J connectivity index is 1.83. The molecule has 0 saturated carbocycles. The van der Waals surface area contributed by atoms with Crippen LogP contribution in [0, 0.1) is 6.92 Å². The average Bonchev–Trinajstić information content (AvgIpc) is 2.94. The minimum atomic E-state index is 0.543. The Kier molecular flexibility index (Phi) is 11.6. The highest BCUT2D eigenvalue weighted by Crippen LogP contribution is 2.21. The smallest absolute Gasteiger partial charge is 0.191 e. The lowest BCUT2D eigenvalue weighted by atomic mass is 10.1. The van der Waals surface area contributed by atoms with E-state index in [0.29, 0.717) is 19.8 Å². The number of benzene rings is 1. The van der Waals surface area contributed by atoms with Crippen LogP contribution < -0.4 is 15.4 Å². The number of guanidine groups is 1. The van der Waals surface area contributed by atoms with Gasteiger partial charge in [-0.2, -0.15) is 0 Å². The lowest BCUT2D eigenvalue weighted by Crippen LogP contribution is -2.39. The molecule has 0 bridgehead atoms. The summed E-state index contributed by atoms with van der Waals surface area (Å²) in [7, 11) is 3.90. The molecule has 1 aromatic carbocycles. The van der Waals surface area contributed by atoms with Crippen molar-refractivity contribution in [2.24, 2.45) is 4.99 Å². The van der Waals surface area contributed by atoms with Crippen LogP contribution in [0.5, 0.6) is 5.75 Å². The van der Waals surface area contributed by atoms with Gasteiger partial charge in [0.1, 0.15) is 12.4 Å². The summed E-state index contributed by atoms with van der Waals surface area (Å²) in [5, 5.41) is 6.83. The molecule has 1 saturated heterocycles. The van der Waals surface area contributed by atoms with Crippen molar-refractivity contribution in [3.8, 4) is 5.75 Å². The summed E-state index contributed by atoms with van der Waals surface area (Å²) in [4.78, 5) is 9.77. The number of ether oxygens (including phenoxy) is 2. The molecule has 0 unspecified atom stereocenters. The molecule has 170 valence electrons. The van der Waals surface area contributed by atoms with Gasteiger partial charge in [-0.05, 0) is 65.0 Å². The van der Waals surface area contributed by atoms with Gasteiger partial charge in [-0.1, -0.05) is 12.1 Å². The normalized spacial score (nSPS) is 16.3. The first-order chi connectivity index (χ1) is 14.6. The number of nitrogens with zero attached hydrogens (tertiary/aromatic N) is 3. The van der Waals surface area contributed by atoms with Crippen molar-refractivity contribution in [3.63, 3.8) is 0 Å². The summed E-state index contributed by atoms with van der Waals surface area (Å²) in [6, 6.07) is 6.27. The van der Waals surface area contributed by atoms with Crippen molar-refractivity contribution in [1.29, 1.82) is 0 Å². The number of hydrogen-bond donors (Lipinski definition) is 2. The fourth-order valence-electron chi connectivity index (χ4n) is 3.50. The van der Waals surface area contributed by atoms with Gasteiger partial charge in [0, 0.05) is 38.9 Å². The topological polar surface area (TPSA) is 61.4 Å². The van der Waals surface area contributed by atoms with Crippen molar-refractivity contribution >= 4 is 5.96 Å². The third-order valence-corrected chi connectivity index (χ3v) is 5.28. The molecule has 2 N–H and O–H groups in total. The average molecular weight is 420 g/mol. The number of methoxy groups -OCH3 is 1. The van der Waals surface area contributed by atoms with E-state index in [-0.39, 0.29) is 0 Å². The summed E-state index contributed by atoms with van der Waals surface area (Å²) in [6.45, 7) is 13.5. The highest BCUT2D eigenvalue weighted by Gasteiger charge is 2.11. The number of aryl methyl sites for hydroxylation is 1. The molecule has 1 aliphatic rings. The molecule has 1 aliphatic heterocycles. The Bertz CT molecular complexity index is 638. The number of likely N-dealkylation sites (N-methyl/N-ethyl adjacent to an activating group) is 1. The second kappa shape index (κ2) is 14.2. The van der Waals surface area contributed by atoms with Gasteiger partial charge < -0.3 is 29.9 Å². The van der Waals surface area contributed by atoms with E-state index in [0.717, 1.165) is 43.3 Å². The molecule has 0 spiro atoms. The van der Waals surface area contributed by atoms with E-state index in [9.17, 15) is 0 Å². The highest BCUT2D eigenvalue weighted by atomic mass is 16.5. The van der Waals surface area contributed by atoms with Gasteiger partial charge in [0.2, 0.25) is 0 Å². The standard InChI is InChI=1S/C23H41N5O2/c1-5-24-23(25-10-6-12-28-13-7-11-27(3)14-15-28)26-19-21-9-8-20(2)18-22(21)30-17-16-29-4/h8-9,18H,5-7,10-17,19H2,1-4H3,(H2,24,25,26). The molecule has 0 amide bonds. The zero-order valence-corrected chi connectivity index (χ0v) is 19.4. The lowest BCUT2D eigenvalue weighted by molar-refractivity contribution is 0.145. The van der Waals surface area contributed by atoms with Crippen molar-refractivity contribution in [1.82, 2.24) is 20.4 Å². The predicted molar refractivity (Wildman–Crippen MR) is 125 cm³/mol. The summed E-state index contributed by atoms with van der Waals surface area (Å²) in [6.07, 6.45) is 2.38. The summed E-state index contributed by atoms with van der Waals surface area (Å²) < 4.78 is 11.0. The Labute approximate surface area is 182 Å². The number of hydrogen-bond acceptors (Lipinski definition) is 5. The van der Waals surface area contributed by atoms with Crippen LogP contribution in [0.3, 0.4) is 0 Å². The van der Waals surface area contributed by atoms with E-state index in [2.05, 4.69) is 59.5 Å². The van der Waals surface area contributed by atoms with Crippen LogP contribution in [0.25, 0.3) is 0 Å². The van der Waals surface area contributed by atoms with E-state index in [1.165, 1.54) is 38.2 Å². The molecule has 1 aromatic rings. The third kappa shape index (κ3) is 9.32.